The quantitative estimate of drug-likeness (QED) is 0.477. The first-order chi connectivity index (χ1) is 12.6. The van der Waals surface area contributed by atoms with Crippen molar-refractivity contribution in [3.8, 4) is 0 Å². The van der Waals surface area contributed by atoms with Crippen LogP contribution in [0.25, 0.3) is 0 Å². The minimum atomic E-state index is -4.48. The fourth-order valence-corrected chi connectivity index (χ4v) is 2.61. The van der Waals surface area contributed by atoms with E-state index in [1.54, 1.807) is 30.3 Å². The lowest BCUT2D eigenvalue weighted by atomic mass is 10.0. The highest BCUT2D eigenvalue weighted by atomic mass is 32.1. The van der Waals surface area contributed by atoms with Crippen molar-refractivity contribution < 1.29 is 32.6 Å². The van der Waals surface area contributed by atoms with Gasteiger partial charge >= 0.3 is 18.2 Å². The molecule has 1 unspecified atom stereocenters. The number of amides is 1. The molecule has 0 saturated carbocycles. The second kappa shape index (κ2) is 8.34. The summed E-state index contributed by atoms with van der Waals surface area (Å²) in [7, 11) is 0. The van der Waals surface area contributed by atoms with Crippen molar-refractivity contribution >= 4 is 30.4 Å². The zero-order valence-electron chi connectivity index (χ0n) is 13.9. The average Bonchev–Trinajstić information content (AvgIpc) is 2.60. The molecule has 0 saturated heterocycles. The number of carboxylic acid groups (broad SMARTS) is 1. The van der Waals surface area contributed by atoms with E-state index in [-0.39, 0.29) is 18.5 Å². The predicted octanol–water partition coefficient (Wildman–Crippen LogP) is 4.90. The molecule has 2 aromatic rings. The second-order valence-corrected chi connectivity index (χ2v) is 6.36. The molecule has 0 aromatic heterocycles. The monoisotopic (exact) mass is 399 g/mol. The number of anilines is 1. The zero-order valence-corrected chi connectivity index (χ0v) is 14.8. The van der Waals surface area contributed by atoms with Gasteiger partial charge in [0.25, 0.3) is 0 Å². The van der Waals surface area contributed by atoms with Crippen LogP contribution in [0.2, 0.25) is 0 Å². The standard InChI is InChI=1S/C18H16F3NO4S/c19-18(20,21)13-6-8-14(9-7-13)22-16(25)26-17(27,11-10-15(23)24)12-4-2-1-3-5-12/h1-9,27H,10-11H2,(H,22,25)(H,23,24). The van der Waals surface area contributed by atoms with Crippen molar-refractivity contribution in [3.05, 3.63) is 65.7 Å². The Balaban J connectivity index is 2.12. The van der Waals surface area contributed by atoms with Crippen LogP contribution in [0.4, 0.5) is 23.7 Å². The molecule has 2 rings (SSSR count). The lowest BCUT2D eigenvalue weighted by molar-refractivity contribution is -0.138. The maximum absolute atomic E-state index is 12.6. The molecule has 2 aromatic carbocycles. The van der Waals surface area contributed by atoms with Crippen LogP contribution >= 0.6 is 12.6 Å². The van der Waals surface area contributed by atoms with E-state index in [9.17, 15) is 22.8 Å². The van der Waals surface area contributed by atoms with E-state index in [4.69, 9.17) is 9.84 Å². The smallest absolute Gasteiger partial charge is 0.416 e. The molecule has 0 bridgehead atoms. The van der Waals surface area contributed by atoms with Crippen LogP contribution < -0.4 is 5.32 Å². The molecule has 0 aliphatic rings. The van der Waals surface area contributed by atoms with Gasteiger partial charge in [0.15, 0.2) is 4.93 Å². The fourth-order valence-electron chi connectivity index (χ4n) is 2.27. The van der Waals surface area contributed by atoms with E-state index >= 15 is 0 Å². The van der Waals surface area contributed by atoms with Gasteiger partial charge in [0, 0.05) is 17.7 Å². The fraction of sp³-hybridized carbons (Fsp3) is 0.222. The van der Waals surface area contributed by atoms with E-state index in [1.807, 2.05) is 0 Å². The Bertz CT molecular complexity index is 797. The molecule has 1 atom stereocenters. The van der Waals surface area contributed by atoms with Gasteiger partial charge in [0.05, 0.1) is 12.0 Å². The SMILES string of the molecule is O=C(O)CCC(S)(OC(=O)Nc1ccc(C(F)(F)F)cc1)c1ccccc1. The highest BCUT2D eigenvalue weighted by molar-refractivity contribution is 7.81. The van der Waals surface area contributed by atoms with Crippen molar-refractivity contribution in [2.45, 2.75) is 24.0 Å². The summed E-state index contributed by atoms with van der Waals surface area (Å²) in [4.78, 5) is 21.5. The van der Waals surface area contributed by atoms with Crippen LogP contribution in [-0.4, -0.2) is 17.2 Å². The largest absolute Gasteiger partial charge is 0.481 e. The molecule has 0 radical (unpaired) electrons. The molecule has 144 valence electrons. The summed E-state index contributed by atoms with van der Waals surface area (Å²) in [6.07, 6.45) is -5.86. The van der Waals surface area contributed by atoms with Gasteiger partial charge in [-0.05, 0) is 24.3 Å². The third-order valence-corrected chi connectivity index (χ3v) is 4.20. The number of nitrogens with one attached hydrogen (secondary N) is 1. The first-order valence-electron chi connectivity index (χ1n) is 7.77. The highest BCUT2D eigenvalue weighted by Gasteiger charge is 2.33. The molecule has 0 heterocycles. The summed E-state index contributed by atoms with van der Waals surface area (Å²) < 4.78 is 43.0. The Kier molecular flexibility index (Phi) is 6.37. The lowest BCUT2D eigenvalue weighted by Crippen LogP contribution is -2.30. The number of hydrogen-bond donors (Lipinski definition) is 3. The minimum Gasteiger partial charge on any atom is -0.481 e. The molecule has 0 fully saturated rings. The van der Waals surface area contributed by atoms with Crippen LogP contribution in [0.5, 0.6) is 0 Å². The number of ether oxygens (including phenoxy) is 1. The number of thiol groups is 1. The number of aliphatic carboxylic acids is 1. The molecule has 9 heteroatoms. The number of carbonyl (C=O) groups excluding carboxylic acids is 1. The number of halogens is 3. The van der Waals surface area contributed by atoms with Crippen molar-refractivity contribution in [1.82, 2.24) is 0 Å². The second-order valence-electron chi connectivity index (χ2n) is 5.63. The Hall–Kier alpha value is -2.68. The lowest BCUT2D eigenvalue weighted by Gasteiger charge is -2.28. The third kappa shape index (κ3) is 5.92. The van der Waals surface area contributed by atoms with Crippen molar-refractivity contribution in [2.24, 2.45) is 0 Å². The van der Waals surface area contributed by atoms with Crippen molar-refractivity contribution in [2.75, 3.05) is 5.32 Å². The maximum Gasteiger partial charge on any atom is 0.416 e. The molecule has 0 spiro atoms. The molecule has 5 nitrogen and oxygen atoms in total. The summed E-state index contributed by atoms with van der Waals surface area (Å²) in [5, 5.41) is 11.2. The van der Waals surface area contributed by atoms with Crippen LogP contribution in [0.3, 0.4) is 0 Å². The molecule has 27 heavy (non-hydrogen) atoms. The van der Waals surface area contributed by atoms with Gasteiger partial charge in [-0.15, -0.1) is 12.6 Å². The van der Waals surface area contributed by atoms with Crippen LogP contribution in [-0.2, 0) is 20.6 Å². The van der Waals surface area contributed by atoms with Gasteiger partial charge in [0.2, 0.25) is 0 Å². The summed E-state index contributed by atoms with van der Waals surface area (Å²) >= 11 is 4.35. The molecular formula is C18H16F3NO4S. The summed E-state index contributed by atoms with van der Waals surface area (Å²) in [6, 6.07) is 12.2. The van der Waals surface area contributed by atoms with Gasteiger partial charge in [-0.3, -0.25) is 10.1 Å². The number of alkyl halides is 3. The van der Waals surface area contributed by atoms with E-state index in [2.05, 4.69) is 17.9 Å². The Labute approximate surface area is 158 Å². The first-order valence-corrected chi connectivity index (χ1v) is 8.22. The number of benzene rings is 2. The summed E-state index contributed by atoms with van der Waals surface area (Å²) in [5.41, 5.74) is -0.289. The van der Waals surface area contributed by atoms with Crippen LogP contribution in [0.15, 0.2) is 54.6 Å². The van der Waals surface area contributed by atoms with Gasteiger partial charge < -0.3 is 9.84 Å². The van der Waals surface area contributed by atoms with E-state index in [0.29, 0.717) is 5.56 Å². The Morgan fingerprint density at radius 3 is 2.11 bits per heavy atom. The summed E-state index contributed by atoms with van der Waals surface area (Å²) in [6.45, 7) is 0. The maximum atomic E-state index is 12.6. The third-order valence-electron chi connectivity index (χ3n) is 3.62. The van der Waals surface area contributed by atoms with E-state index in [1.165, 1.54) is 0 Å². The predicted molar refractivity (Wildman–Crippen MR) is 95.5 cm³/mol. The van der Waals surface area contributed by atoms with Crippen LogP contribution in [0, 0.1) is 0 Å². The first kappa shape index (κ1) is 20.6. The average molecular weight is 399 g/mol. The van der Waals surface area contributed by atoms with Crippen molar-refractivity contribution in [3.63, 3.8) is 0 Å². The van der Waals surface area contributed by atoms with Gasteiger partial charge in [0.1, 0.15) is 0 Å². The minimum absolute atomic E-state index is 0.0926. The number of carbonyl (C=O) groups is 2. The Morgan fingerprint density at radius 1 is 1.00 bits per heavy atom. The number of carboxylic acids is 1. The van der Waals surface area contributed by atoms with E-state index in [0.717, 1.165) is 24.3 Å². The van der Waals surface area contributed by atoms with Gasteiger partial charge in [-0.25, -0.2) is 4.79 Å². The summed E-state index contributed by atoms with van der Waals surface area (Å²) in [5.74, 6) is -1.09. The Morgan fingerprint density at radius 2 is 1.59 bits per heavy atom. The van der Waals surface area contributed by atoms with Gasteiger partial charge in [-0.1, -0.05) is 30.3 Å². The number of hydrogen-bond acceptors (Lipinski definition) is 4. The topological polar surface area (TPSA) is 75.6 Å². The normalized spacial score (nSPS) is 13.5. The van der Waals surface area contributed by atoms with E-state index < -0.39 is 28.7 Å². The molecule has 0 aliphatic carbocycles. The highest BCUT2D eigenvalue weighted by Crippen LogP contribution is 2.35. The molecular weight excluding hydrogens is 383 g/mol. The van der Waals surface area contributed by atoms with Crippen LogP contribution in [0.1, 0.15) is 24.0 Å². The molecule has 1 amide bonds. The zero-order chi connectivity index (χ0) is 20.1. The molecule has 0 aliphatic heterocycles. The van der Waals surface area contributed by atoms with Crippen molar-refractivity contribution in [1.29, 1.82) is 0 Å². The number of rotatable bonds is 6. The molecule has 2 N–H and O–H groups in total. The van der Waals surface area contributed by atoms with Gasteiger partial charge in [-0.2, -0.15) is 13.2 Å².